The highest BCUT2D eigenvalue weighted by Gasteiger charge is 2.42. The van der Waals surface area contributed by atoms with Crippen molar-refractivity contribution >= 4 is 5.96 Å². The summed E-state index contributed by atoms with van der Waals surface area (Å²) in [6, 6.07) is 1.88. The lowest BCUT2D eigenvalue weighted by molar-refractivity contribution is -0.0175. The topological polar surface area (TPSA) is 43.3 Å². The molecule has 5 unspecified atom stereocenters. The molecule has 154 valence electrons. The van der Waals surface area contributed by atoms with Gasteiger partial charge in [0.1, 0.15) is 0 Å². The Morgan fingerprint density at radius 2 is 1.96 bits per heavy atom. The average molecular weight is 378 g/mol. The van der Waals surface area contributed by atoms with Crippen LogP contribution in [0, 0.1) is 11.8 Å². The molecule has 6 heteroatoms. The van der Waals surface area contributed by atoms with E-state index in [1.54, 1.807) is 0 Å². The van der Waals surface area contributed by atoms with Crippen LogP contribution in [-0.4, -0.2) is 98.3 Å². The highest BCUT2D eigenvalue weighted by molar-refractivity contribution is 5.80. The molecular weight excluding hydrogens is 338 g/mol. The second-order valence-corrected chi connectivity index (χ2v) is 9.20. The standard InChI is InChI=1S/C21H39N5O/c1-16(26-10-11-27-15-17(26)2)14-23-21(22-3)25-8-6-24(7-9-25)20-13-18-4-5-19(20)12-18/h16-20H,4-15H2,1-3H3,(H,22,23). The minimum atomic E-state index is 0.496. The van der Waals surface area contributed by atoms with Gasteiger partial charge in [-0.1, -0.05) is 6.42 Å². The molecule has 2 bridgehead atoms. The fraction of sp³-hybridized carbons (Fsp3) is 0.952. The van der Waals surface area contributed by atoms with Crippen LogP contribution in [0.2, 0.25) is 0 Å². The molecule has 2 saturated carbocycles. The fourth-order valence-corrected chi connectivity index (χ4v) is 6.01. The average Bonchev–Trinajstić information content (AvgIpc) is 3.33. The maximum Gasteiger partial charge on any atom is 0.193 e. The Labute approximate surface area is 165 Å². The molecule has 0 radical (unpaired) electrons. The number of piperazine rings is 1. The van der Waals surface area contributed by atoms with Gasteiger partial charge in [0, 0.05) is 64.4 Å². The van der Waals surface area contributed by atoms with Crippen LogP contribution < -0.4 is 5.32 Å². The number of aliphatic imine (C=N–C) groups is 1. The van der Waals surface area contributed by atoms with Crippen LogP contribution in [0.3, 0.4) is 0 Å². The van der Waals surface area contributed by atoms with Gasteiger partial charge < -0.3 is 15.0 Å². The Morgan fingerprint density at radius 3 is 2.59 bits per heavy atom. The van der Waals surface area contributed by atoms with Crippen molar-refractivity contribution in [1.82, 2.24) is 20.0 Å². The third-order valence-corrected chi connectivity index (χ3v) is 7.54. The van der Waals surface area contributed by atoms with E-state index in [2.05, 4.69) is 38.9 Å². The Hall–Kier alpha value is -0.850. The zero-order valence-electron chi connectivity index (χ0n) is 17.6. The van der Waals surface area contributed by atoms with E-state index in [0.29, 0.717) is 12.1 Å². The monoisotopic (exact) mass is 377 g/mol. The van der Waals surface area contributed by atoms with Crippen LogP contribution >= 0.6 is 0 Å². The first-order valence-electron chi connectivity index (χ1n) is 11.2. The summed E-state index contributed by atoms with van der Waals surface area (Å²) in [6.45, 7) is 12.9. The summed E-state index contributed by atoms with van der Waals surface area (Å²) in [5.41, 5.74) is 0. The second-order valence-electron chi connectivity index (χ2n) is 9.20. The first-order chi connectivity index (χ1) is 13.2. The summed E-state index contributed by atoms with van der Waals surface area (Å²) in [6.07, 6.45) is 5.95. The molecule has 1 N–H and O–H groups in total. The van der Waals surface area contributed by atoms with Crippen molar-refractivity contribution in [3.8, 4) is 0 Å². The molecule has 27 heavy (non-hydrogen) atoms. The number of fused-ring (bicyclic) bond motifs is 2. The van der Waals surface area contributed by atoms with Crippen molar-refractivity contribution in [3.05, 3.63) is 0 Å². The smallest absolute Gasteiger partial charge is 0.193 e. The van der Waals surface area contributed by atoms with Gasteiger partial charge in [-0.15, -0.1) is 0 Å². The molecule has 0 amide bonds. The van der Waals surface area contributed by atoms with E-state index < -0.39 is 0 Å². The zero-order valence-corrected chi connectivity index (χ0v) is 17.6. The van der Waals surface area contributed by atoms with Crippen LogP contribution in [0.4, 0.5) is 0 Å². The highest BCUT2D eigenvalue weighted by Crippen LogP contribution is 2.46. The first kappa shape index (κ1) is 19.5. The number of nitrogens with zero attached hydrogens (tertiary/aromatic N) is 4. The molecular formula is C21H39N5O. The molecule has 5 atom stereocenters. The molecule has 0 spiro atoms. The molecule has 4 aliphatic rings. The van der Waals surface area contributed by atoms with Gasteiger partial charge in [0.25, 0.3) is 0 Å². The molecule has 2 heterocycles. The lowest BCUT2D eigenvalue weighted by Crippen LogP contribution is -2.57. The van der Waals surface area contributed by atoms with Crippen LogP contribution in [0.1, 0.15) is 39.5 Å². The van der Waals surface area contributed by atoms with Crippen LogP contribution in [0.25, 0.3) is 0 Å². The minimum Gasteiger partial charge on any atom is -0.379 e. The third kappa shape index (κ3) is 4.28. The van der Waals surface area contributed by atoms with Gasteiger partial charge in [0.05, 0.1) is 13.2 Å². The molecule has 0 aromatic carbocycles. The summed E-state index contributed by atoms with van der Waals surface area (Å²) in [5.74, 6) is 3.11. The van der Waals surface area contributed by atoms with Crippen molar-refractivity contribution < 1.29 is 4.74 Å². The minimum absolute atomic E-state index is 0.496. The summed E-state index contributed by atoms with van der Waals surface area (Å²) >= 11 is 0. The second kappa shape index (κ2) is 8.66. The zero-order chi connectivity index (χ0) is 18.8. The lowest BCUT2D eigenvalue weighted by atomic mass is 9.93. The molecule has 2 saturated heterocycles. The van der Waals surface area contributed by atoms with Gasteiger partial charge in [0.2, 0.25) is 0 Å². The number of nitrogens with one attached hydrogen (secondary N) is 1. The van der Waals surface area contributed by atoms with E-state index in [0.717, 1.165) is 63.2 Å². The molecule has 0 aromatic heterocycles. The fourth-order valence-electron chi connectivity index (χ4n) is 6.01. The molecule has 4 fully saturated rings. The van der Waals surface area contributed by atoms with Crippen LogP contribution in [-0.2, 0) is 4.74 Å². The Balaban J connectivity index is 1.23. The quantitative estimate of drug-likeness (QED) is 0.594. The number of ether oxygens (including phenoxy) is 1. The van der Waals surface area contributed by atoms with Crippen LogP contribution in [0.15, 0.2) is 4.99 Å². The van der Waals surface area contributed by atoms with E-state index in [1.807, 2.05) is 7.05 Å². The lowest BCUT2D eigenvalue weighted by Gasteiger charge is -2.42. The number of rotatable bonds is 4. The van der Waals surface area contributed by atoms with Gasteiger partial charge >= 0.3 is 0 Å². The van der Waals surface area contributed by atoms with E-state index in [4.69, 9.17) is 4.74 Å². The predicted molar refractivity (Wildman–Crippen MR) is 110 cm³/mol. The van der Waals surface area contributed by atoms with Gasteiger partial charge in [-0.05, 0) is 44.9 Å². The third-order valence-electron chi connectivity index (χ3n) is 7.54. The summed E-state index contributed by atoms with van der Waals surface area (Å²) in [4.78, 5) is 12.4. The highest BCUT2D eigenvalue weighted by atomic mass is 16.5. The van der Waals surface area contributed by atoms with Crippen molar-refractivity contribution in [2.45, 2.75) is 57.7 Å². The summed E-state index contributed by atoms with van der Waals surface area (Å²) in [7, 11) is 1.92. The molecule has 0 aromatic rings. The first-order valence-corrected chi connectivity index (χ1v) is 11.2. The predicted octanol–water partition coefficient (Wildman–Crippen LogP) is 1.48. The largest absolute Gasteiger partial charge is 0.379 e. The van der Waals surface area contributed by atoms with Gasteiger partial charge in [-0.25, -0.2) is 0 Å². The SMILES string of the molecule is CN=C(NCC(C)N1CCOCC1C)N1CCN(C2CC3CCC2C3)CC1. The van der Waals surface area contributed by atoms with Gasteiger partial charge in [-0.2, -0.15) is 0 Å². The maximum absolute atomic E-state index is 5.58. The van der Waals surface area contributed by atoms with Gasteiger partial charge in [-0.3, -0.25) is 14.8 Å². The van der Waals surface area contributed by atoms with Crippen LogP contribution in [0.5, 0.6) is 0 Å². The summed E-state index contributed by atoms with van der Waals surface area (Å²) < 4.78 is 5.58. The normalized spacial score (nSPS) is 37.0. The van der Waals surface area contributed by atoms with Gasteiger partial charge in [0.15, 0.2) is 5.96 Å². The van der Waals surface area contributed by atoms with E-state index in [9.17, 15) is 0 Å². The number of morpholine rings is 1. The van der Waals surface area contributed by atoms with E-state index in [-0.39, 0.29) is 0 Å². The van der Waals surface area contributed by atoms with Crippen molar-refractivity contribution in [3.63, 3.8) is 0 Å². The van der Waals surface area contributed by atoms with Crippen molar-refractivity contribution in [2.75, 3.05) is 59.5 Å². The molecule has 2 aliphatic heterocycles. The number of hydrogen-bond donors (Lipinski definition) is 1. The summed E-state index contributed by atoms with van der Waals surface area (Å²) in [5, 5.41) is 3.64. The van der Waals surface area contributed by atoms with E-state index in [1.165, 1.54) is 38.8 Å². The van der Waals surface area contributed by atoms with Crippen molar-refractivity contribution in [1.29, 1.82) is 0 Å². The number of guanidine groups is 1. The Kier molecular flexibility index (Phi) is 6.25. The molecule has 6 nitrogen and oxygen atoms in total. The molecule has 4 rings (SSSR count). The number of hydrogen-bond acceptors (Lipinski definition) is 4. The Morgan fingerprint density at radius 1 is 1.15 bits per heavy atom. The molecule has 2 aliphatic carbocycles. The van der Waals surface area contributed by atoms with Crippen molar-refractivity contribution in [2.24, 2.45) is 16.8 Å². The maximum atomic E-state index is 5.58. The Bertz CT molecular complexity index is 519. The van der Waals surface area contributed by atoms with E-state index >= 15 is 0 Å².